The van der Waals surface area contributed by atoms with Gasteiger partial charge in [-0.05, 0) is 62.2 Å². The molecule has 0 aromatic heterocycles. The number of para-hydroxylation sites is 1. The first-order valence-electron chi connectivity index (χ1n) is 9.31. The van der Waals surface area contributed by atoms with Gasteiger partial charge in [0, 0.05) is 23.6 Å². The monoisotopic (exact) mass is 322 g/mol. The number of Topliss-reactive ketones (excluding diaryl/α,β-unsaturated/α-hetero) is 1. The molecule has 2 saturated heterocycles. The number of ketones is 1. The Morgan fingerprint density at radius 3 is 2.79 bits per heavy atom. The van der Waals surface area contributed by atoms with Crippen LogP contribution in [0.1, 0.15) is 44.1 Å². The number of piperidine rings is 1. The van der Waals surface area contributed by atoms with Gasteiger partial charge in [0.2, 0.25) is 6.41 Å². The van der Waals surface area contributed by atoms with Crippen molar-refractivity contribution in [2.45, 2.75) is 55.5 Å². The molecule has 1 aromatic rings. The van der Waals surface area contributed by atoms with Crippen molar-refractivity contribution in [3.05, 3.63) is 29.8 Å². The second-order valence-corrected chi connectivity index (χ2v) is 8.58. The van der Waals surface area contributed by atoms with Crippen LogP contribution in [0.2, 0.25) is 0 Å². The zero-order valence-corrected chi connectivity index (χ0v) is 13.8. The molecule has 1 amide bonds. The van der Waals surface area contributed by atoms with Crippen molar-refractivity contribution in [1.29, 1.82) is 0 Å². The van der Waals surface area contributed by atoms with Crippen LogP contribution in [-0.4, -0.2) is 41.8 Å². The third kappa shape index (κ3) is 1.09. The molecule has 3 aliphatic heterocycles. The number of nitrogens with zero attached hydrogens (tertiary/aromatic N) is 2. The number of rotatable bonds is 1. The van der Waals surface area contributed by atoms with Crippen molar-refractivity contribution in [1.82, 2.24) is 4.90 Å². The Hall–Kier alpha value is -1.68. The number of anilines is 1. The van der Waals surface area contributed by atoms with Gasteiger partial charge < -0.3 is 4.90 Å². The maximum atomic E-state index is 13.5. The molecule has 24 heavy (non-hydrogen) atoms. The summed E-state index contributed by atoms with van der Waals surface area (Å²) in [6.45, 7) is 2.23. The number of fused-ring (bicyclic) bond motifs is 3. The zero-order valence-electron chi connectivity index (χ0n) is 13.8. The second kappa shape index (κ2) is 3.93. The summed E-state index contributed by atoms with van der Waals surface area (Å²) >= 11 is 0. The van der Waals surface area contributed by atoms with Crippen LogP contribution in [0.4, 0.5) is 5.69 Å². The Kier molecular flexibility index (Phi) is 2.23. The molecule has 0 radical (unpaired) electrons. The van der Waals surface area contributed by atoms with E-state index in [1.807, 2.05) is 17.0 Å². The third-order valence-corrected chi connectivity index (χ3v) is 8.18. The highest BCUT2D eigenvalue weighted by Gasteiger charge is 2.80. The van der Waals surface area contributed by atoms with Crippen LogP contribution in [0.15, 0.2) is 24.3 Å². The van der Waals surface area contributed by atoms with Crippen LogP contribution in [0.3, 0.4) is 0 Å². The molecule has 4 atom stereocenters. The topological polar surface area (TPSA) is 40.6 Å². The van der Waals surface area contributed by atoms with Gasteiger partial charge in [0.1, 0.15) is 5.54 Å². The fourth-order valence-electron chi connectivity index (χ4n) is 7.68. The van der Waals surface area contributed by atoms with E-state index in [0.29, 0.717) is 18.2 Å². The van der Waals surface area contributed by atoms with Gasteiger partial charge in [0.05, 0.1) is 0 Å². The van der Waals surface area contributed by atoms with Crippen molar-refractivity contribution in [3.8, 4) is 0 Å². The summed E-state index contributed by atoms with van der Waals surface area (Å²) in [5.41, 5.74) is 1.63. The van der Waals surface area contributed by atoms with Crippen LogP contribution in [-0.2, 0) is 15.0 Å². The van der Waals surface area contributed by atoms with Gasteiger partial charge in [0.15, 0.2) is 5.78 Å². The van der Waals surface area contributed by atoms with Crippen molar-refractivity contribution in [2.24, 2.45) is 5.41 Å². The average Bonchev–Trinajstić information content (AvgIpc) is 3.12. The molecule has 0 N–H and O–H groups in total. The highest BCUT2D eigenvalue weighted by atomic mass is 16.2. The summed E-state index contributed by atoms with van der Waals surface area (Å²) in [7, 11) is 0. The van der Waals surface area contributed by atoms with Crippen molar-refractivity contribution in [3.63, 3.8) is 0 Å². The number of amides is 1. The molecule has 1 aromatic carbocycles. The predicted octanol–water partition coefficient (Wildman–Crippen LogP) is 2.26. The maximum Gasteiger partial charge on any atom is 0.215 e. The first-order chi connectivity index (χ1) is 11.7. The van der Waals surface area contributed by atoms with E-state index in [4.69, 9.17) is 0 Å². The second-order valence-electron chi connectivity index (χ2n) is 8.58. The standard InChI is InChI=1S/C20H22N2O2/c23-13-22-15-5-2-1-4-14(15)19-9-11-21-10-3-6-18(17(19)21)7-8-20(19,22)16(24)12-18/h1-2,4-5,13,17H,3,6-12H2/t17-,18?,19+,20?/m0/s1. The molecule has 6 aliphatic rings. The summed E-state index contributed by atoms with van der Waals surface area (Å²) in [6.07, 6.45) is 6.98. The minimum atomic E-state index is -0.614. The Labute approximate surface area is 141 Å². The number of hydrogen-bond donors (Lipinski definition) is 0. The maximum absolute atomic E-state index is 13.5. The minimum absolute atomic E-state index is 0.152. The highest BCUT2D eigenvalue weighted by molar-refractivity contribution is 6.05. The molecular weight excluding hydrogens is 300 g/mol. The van der Waals surface area contributed by atoms with E-state index in [2.05, 4.69) is 17.0 Å². The van der Waals surface area contributed by atoms with Crippen molar-refractivity contribution >= 4 is 17.9 Å². The number of hydrogen-bond acceptors (Lipinski definition) is 3. The quantitative estimate of drug-likeness (QED) is 0.745. The normalized spacial score (nSPS) is 45.1. The lowest BCUT2D eigenvalue weighted by Crippen LogP contribution is -2.78. The van der Waals surface area contributed by atoms with Gasteiger partial charge in [-0.15, -0.1) is 0 Å². The van der Waals surface area contributed by atoms with E-state index >= 15 is 0 Å². The Balaban J connectivity index is 1.72. The minimum Gasteiger partial charge on any atom is -0.300 e. The third-order valence-electron chi connectivity index (χ3n) is 8.18. The number of carbonyl (C=O) groups is 2. The molecule has 124 valence electrons. The van der Waals surface area contributed by atoms with Gasteiger partial charge in [-0.3, -0.25) is 14.5 Å². The number of benzene rings is 1. The molecule has 3 aliphatic carbocycles. The summed E-state index contributed by atoms with van der Waals surface area (Å²) in [5, 5.41) is 0. The van der Waals surface area contributed by atoms with Gasteiger partial charge in [-0.25, -0.2) is 0 Å². The summed E-state index contributed by atoms with van der Waals surface area (Å²) < 4.78 is 0. The van der Waals surface area contributed by atoms with Crippen molar-refractivity contribution in [2.75, 3.05) is 18.0 Å². The summed E-state index contributed by atoms with van der Waals surface area (Å²) in [4.78, 5) is 30.2. The summed E-state index contributed by atoms with van der Waals surface area (Å²) in [5.74, 6) is 0.331. The van der Waals surface area contributed by atoms with Crippen LogP contribution >= 0.6 is 0 Å². The molecule has 3 spiro atoms. The molecule has 2 bridgehead atoms. The predicted molar refractivity (Wildman–Crippen MR) is 89.9 cm³/mol. The van der Waals surface area contributed by atoms with E-state index in [1.165, 1.54) is 18.4 Å². The van der Waals surface area contributed by atoms with Crippen LogP contribution in [0, 0.1) is 5.41 Å². The van der Waals surface area contributed by atoms with Crippen LogP contribution < -0.4 is 4.90 Å². The molecule has 4 nitrogen and oxygen atoms in total. The fraction of sp³-hybridized carbons (Fsp3) is 0.600. The Bertz CT molecular complexity index is 792. The van der Waals surface area contributed by atoms with E-state index in [1.54, 1.807) is 0 Å². The molecule has 3 heterocycles. The Morgan fingerprint density at radius 1 is 1.08 bits per heavy atom. The molecule has 3 saturated carbocycles. The van der Waals surface area contributed by atoms with Gasteiger partial charge in [-0.1, -0.05) is 18.2 Å². The number of carbonyl (C=O) groups excluding carboxylic acids is 2. The van der Waals surface area contributed by atoms with Crippen molar-refractivity contribution < 1.29 is 9.59 Å². The first-order valence-corrected chi connectivity index (χ1v) is 9.31. The summed E-state index contributed by atoms with van der Waals surface area (Å²) in [6, 6.07) is 8.77. The van der Waals surface area contributed by atoms with E-state index < -0.39 is 5.54 Å². The Morgan fingerprint density at radius 2 is 1.96 bits per heavy atom. The van der Waals surface area contributed by atoms with Crippen LogP contribution in [0.25, 0.3) is 0 Å². The van der Waals surface area contributed by atoms with Gasteiger partial charge in [0.25, 0.3) is 0 Å². The SMILES string of the molecule is O=CN1c2ccccc2[C@@]23CCN4CCCC5(CCC12C(=O)C5)[C@H]43. The smallest absolute Gasteiger partial charge is 0.215 e. The fourth-order valence-corrected chi connectivity index (χ4v) is 7.68. The van der Waals surface area contributed by atoms with Gasteiger partial charge in [-0.2, -0.15) is 0 Å². The van der Waals surface area contributed by atoms with Crippen LogP contribution in [0.5, 0.6) is 0 Å². The van der Waals surface area contributed by atoms with Gasteiger partial charge >= 0.3 is 0 Å². The lowest BCUT2D eigenvalue weighted by Gasteiger charge is -2.66. The molecule has 7 rings (SSSR count). The first kappa shape index (κ1) is 13.6. The zero-order chi connectivity index (χ0) is 16.2. The molecule has 4 heteroatoms. The molecule has 2 unspecified atom stereocenters. The van der Waals surface area contributed by atoms with E-state index in [-0.39, 0.29) is 10.8 Å². The molecule has 5 fully saturated rings. The average molecular weight is 322 g/mol. The van der Waals surface area contributed by atoms with E-state index in [9.17, 15) is 9.59 Å². The highest BCUT2D eigenvalue weighted by Crippen LogP contribution is 2.72. The largest absolute Gasteiger partial charge is 0.300 e. The lowest BCUT2D eigenvalue weighted by atomic mass is 9.41. The lowest BCUT2D eigenvalue weighted by molar-refractivity contribution is -0.156. The van der Waals surface area contributed by atoms with E-state index in [0.717, 1.165) is 44.4 Å². The molecular formula is C20H22N2O2.